The summed E-state index contributed by atoms with van der Waals surface area (Å²) < 4.78 is 5.15. The lowest BCUT2D eigenvalue weighted by molar-refractivity contribution is -0.384. The second-order valence-corrected chi connectivity index (χ2v) is 5.04. The van der Waals surface area contributed by atoms with Gasteiger partial charge in [0.05, 0.1) is 4.92 Å². The van der Waals surface area contributed by atoms with E-state index in [2.05, 4.69) is 4.99 Å². The van der Waals surface area contributed by atoms with Crippen LogP contribution in [-0.4, -0.2) is 33.4 Å². The van der Waals surface area contributed by atoms with E-state index in [4.69, 9.17) is 27.9 Å². The third-order valence-electron chi connectivity index (χ3n) is 2.69. The lowest BCUT2D eigenvalue weighted by atomic mass is 10.0. The number of aliphatic imine (C=N–C) groups is 1. The molecule has 0 saturated carbocycles. The zero-order valence-electron chi connectivity index (χ0n) is 9.57. The van der Waals surface area contributed by atoms with Crippen molar-refractivity contribution in [2.24, 2.45) is 4.99 Å². The van der Waals surface area contributed by atoms with Gasteiger partial charge in [0.15, 0.2) is 4.84 Å². The number of alkyl halides is 2. The van der Waals surface area contributed by atoms with Crippen molar-refractivity contribution in [2.45, 2.75) is 17.0 Å². The van der Waals surface area contributed by atoms with Crippen LogP contribution in [0.5, 0.6) is 0 Å². The minimum atomic E-state index is -0.926. The maximum Gasteiger partial charge on any atom is 0.269 e. The molecule has 0 spiro atoms. The number of halogens is 2. The summed E-state index contributed by atoms with van der Waals surface area (Å²) in [6.45, 7) is 0.170. The van der Waals surface area contributed by atoms with Gasteiger partial charge in [-0.05, 0) is 17.7 Å². The fourth-order valence-corrected chi connectivity index (χ4v) is 1.94. The molecule has 0 fully saturated rings. The van der Waals surface area contributed by atoms with Crippen molar-refractivity contribution in [3.8, 4) is 0 Å². The number of nitrogens with zero attached hydrogens (tertiary/aromatic N) is 2. The van der Waals surface area contributed by atoms with Crippen LogP contribution in [0.15, 0.2) is 29.3 Å². The number of rotatable bonds is 4. The van der Waals surface area contributed by atoms with Crippen molar-refractivity contribution in [1.82, 2.24) is 0 Å². The van der Waals surface area contributed by atoms with E-state index in [1.807, 2.05) is 0 Å². The molecule has 0 amide bonds. The smallest absolute Gasteiger partial charge is 0.269 e. The molecular formula is C11H10Cl2N2O4. The molecule has 102 valence electrons. The number of aliphatic hydroxyl groups is 1. The summed E-state index contributed by atoms with van der Waals surface area (Å²) in [5, 5.41) is 20.6. The quantitative estimate of drug-likeness (QED) is 0.525. The number of hydrogen-bond donors (Lipinski definition) is 1. The minimum absolute atomic E-state index is 0.0376. The maximum atomic E-state index is 10.5. The van der Waals surface area contributed by atoms with Crippen molar-refractivity contribution < 1.29 is 14.8 Å². The first kappa shape index (κ1) is 14.0. The average Bonchev–Trinajstić information content (AvgIpc) is 2.87. The van der Waals surface area contributed by atoms with Gasteiger partial charge in [-0.1, -0.05) is 23.2 Å². The standard InChI is InChI=1S/C11H10Cl2N2O4/c12-10(13)11-14-8(5-19-11)9(16)6-1-3-7(4-2-6)15(17)18/h1-4,8-10,16H,5H2/t8-,9+/m1/s1. The number of ether oxygens (including phenoxy) is 1. The fourth-order valence-electron chi connectivity index (χ4n) is 1.71. The van der Waals surface area contributed by atoms with E-state index in [9.17, 15) is 15.2 Å². The summed E-state index contributed by atoms with van der Waals surface area (Å²) in [5.41, 5.74) is 0.481. The van der Waals surface area contributed by atoms with Gasteiger partial charge in [-0.3, -0.25) is 10.1 Å². The Labute approximate surface area is 118 Å². The molecule has 6 nitrogen and oxygen atoms in total. The molecule has 2 atom stereocenters. The molecule has 1 aromatic rings. The van der Waals surface area contributed by atoms with Crippen molar-refractivity contribution >= 4 is 34.8 Å². The zero-order chi connectivity index (χ0) is 14.0. The Balaban J connectivity index is 2.12. The monoisotopic (exact) mass is 304 g/mol. The molecule has 1 N–H and O–H groups in total. The second-order valence-electron chi connectivity index (χ2n) is 3.94. The van der Waals surface area contributed by atoms with Crippen molar-refractivity contribution in [3.05, 3.63) is 39.9 Å². The summed E-state index contributed by atoms with van der Waals surface area (Å²) in [4.78, 5) is 13.2. The van der Waals surface area contributed by atoms with Gasteiger partial charge in [-0.2, -0.15) is 0 Å². The van der Waals surface area contributed by atoms with Crippen LogP contribution in [0.25, 0.3) is 0 Å². The Bertz CT molecular complexity index is 504. The maximum absolute atomic E-state index is 10.5. The molecule has 1 heterocycles. The van der Waals surface area contributed by atoms with Gasteiger partial charge in [0.25, 0.3) is 5.69 Å². The number of hydrogen-bond acceptors (Lipinski definition) is 5. The number of nitro groups is 1. The number of nitro benzene ring substituents is 1. The van der Waals surface area contributed by atoms with Gasteiger partial charge in [-0.25, -0.2) is 4.99 Å². The predicted octanol–water partition coefficient (Wildman–Crippen LogP) is 2.23. The highest BCUT2D eigenvalue weighted by Gasteiger charge is 2.29. The highest BCUT2D eigenvalue weighted by atomic mass is 35.5. The summed E-state index contributed by atoms with van der Waals surface area (Å²) in [5.74, 6) is 0.175. The topological polar surface area (TPSA) is 85.0 Å². The van der Waals surface area contributed by atoms with E-state index in [1.165, 1.54) is 24.3 Å². The highest BCUT2D eigenvalue weighted by Crippen LogP contribution is 2.26. The van der Waals surface area contributed by atoms with E-state index in [0.29, 0.717) is 5.56 Å². The molecule has 2 rings (SSSR count). The van der Waals surface area contributed by atoms with Crippen LogP contribution < -0.4 is 0 Å². The second kappa shape index (κ2) is 5.73. The molecule has 0 aliphatic carbocycles. The lowest BCUT2D eigenvalue weighted by Crippen LogP contribution is -2.17. The Kier molecular flexibility index (Phi) is 4.24. The summed E-state index contributed by atoms with van der Waals surface area (Å²) >= 11 is 11.2. The van der Waals surface area contributed by atoms with Crippen LogP contribution in [0, 0.1) is 10.1 Å². The first-order chi connectivity index (χ1) is 8.99. The molecule has 19 heavy (non-hydrogen) atoms. The van der Waals surface area contributed by atoms with Gasteiger partial charge in [-0.15, -0.1) is 0 Å². The SMILES string of the molecule is O=[N+]([O-])c1ccc([C@H](O)[C@H]2COC(C(Cl)Cl)=N2)cc1. The van der Waals surface area contributed by atoms with Crippen LogP contribution in [0.1, 0.15) is 11.7 Å². The van der Waals surface area contributed by atoms with Gasteiger partial charge < -0.3 is 9.84 Å². The molecule has 1 aromatic carbocycles. The first-order valence-corrected chi connectivity index (χ1v) is 6.27. The van der Waals surface area contributed by atoms with E-state index in [1.54, 1.807) is 0 Å². The lowest BCUT2D eigenvalue weighted by Gasteiger charge is -2.14. The van der Waals surface area contributed by atoms with Crippen molar-refractivity contribution in [1.29, 1.82) is 0 Å². The minimum Gasteiger partial charge on any atom is -0.477 e. The number of aliphatic hydroxyl groups excluding tert-OH is 1. The fraction of sp³-hybridized carbons (Fsp3) is 0.364. The van der Waals surface area contributed by atoms with Crippen LogP contribution >= 0.6 is 23.2 Å². The van der Waals surface area contributed by atoms with E-state index in [-0.39, 0.29) is 18.2 Å². The summed E-state index contributed by atoms with van der Waals surface area (Å²) in [7, 11) is 0. The van der Waals surface area contributed by atoms with E-state index in [0.717, 1.165) is 0 Å². The predicted molar refractivity (Wildman–Crippen MR) is 70.7 cm³/mol. The highest BCUT2D eigenvalue weighted by molar-refractivity contribution is 6.53. The largest absolute Gasteiger partial charge is 0.477 e. The molecular weight excluding hydrogens is 295 g/mol. The summed E-state index contributed by atoms with van der Waals surface area (Å²) in [6.07, 6.45) is -0.926. The Morgan fingerprint density at radius 2 is 2.05 bits per heavy atom. The number of non-ortho nitro benzene ring substituents is 1. The van der Waals surface area contributed by atoms with Crippen LogP contribution in [-0.2, 0) is 4.74 Å². The van der Waals surface area contributed by atoms with Gasteiger partial charge in [0.1, 0.15) is 18.8 Å². The Morgan fingerprint density at radius 1 is 1.42 bits per heavy atom. The van der Waals surface area contributed by atoms with Crippen molar-refractivity contribution in [2.75, 3.05) is 6.61 Å². The van der Waals surface area contributed by atoms with E-state index >= 15 is 0 Å². The first-order valence-electron chi connectivity index (χ1n) is 5.40. The van der Waals surface area contributed by atoms with Crippen LogP contribution in [0.4, 0.5) is 5.69 Å². The zero-order valence-corrected chi connectivity index (χ0v) is 11.1. The molecule has 0 aromatic heterocycles. The Morgan fingerprint density at radius 3 is 2.53 bits per heavy atom. The molecule has 0 unspecified atom stereocenters. The molecule has 0 radical (unpaired) electrons. The molecule has 1 aliphatic heterocycles. The van der Waals surface area contributed by atoms with E-state index < -0.39 is 21.9 Å². The Hall–Kier alpha value is -1.37. The van der Waals surface area contributed by atoms with Gasteiger partial charge in [0.2, 0.25) is 5.90 Å². The molecule has 1 aliphatic rings. The summed E-state index contributed by atoms with van der Waals surface area (Å²) in [6, 6.07) is 5.09. The van der Waals surface area contributed by atoms with Gasteiger partial charge >= 0.3 is 0 Å². The normalized spacial score (nSPS) is 20.0. The van der Waals surface area contributed by atoms with Crippen LogP contribution in [0.2, 0.25) is 0 Å². The van der Waals surface area contributed by atoms with Crippen molar-refractivity contribution in [3.63, 3.8) is 0 Å². The number of benzene rings is 1. The molecule has 0 bridgehead atoms. The third kappa shape index (κ3) is 3.15. The van der Waals surface area contributed by atoms with Gasteiger partial charge in [0, 0.05) is 12.1 Å². The van der Waals surface area contributed by atoms with Crippen LogP contribution in [0.3, 0.4) is 0 Å². The third-order valence-corrected chi connectivity index (χ3v) is 3.06. The average molecular weight is 305 g/mol. The molecule has 8 heteroatoms. The molecule has 0 saturated heterocycles.